The third-order valence-electron chi connectivity index (χ3n) is 2.99. The predicted octanol–water partition coefficient (Wildman–Crippen LogP) is 2.63. The Balaban J connectivity index is 2.49. The molecule has 20 heavy (non-hydrogen) atoms. The molecular weight excluding hydrogens is 258 g/mol. The van der Waals surface area contributed by atoms with Gasteiger partial charge in [0.05, 0.1) is 12.0 Å². The standard InChI is InChI=1S/C14H15N3O3/c1-15-12-6-5-11(8-10-4-3-7-16-9-10)14(20-2)13(12)17(18)19/h3-7,9,15H,8H2,1-2H3. The van der Waals surface area contributed by atoms with Crippen LogP contribution in [0.25, 0.3) is 0 Å². The maximum Gasteiger partial charge on any atom is 0.334 e. The number of rotatable bonds is 5. The smallest absolute Gasteiger partial charge is 0.334 e. The molecule has 0 aliphatic rings. The number of methoxy groups -OCH3 is 1. The molecule has 0 amide bonds. The Morgan fingerprint density at radius 2 is 2.20 bits per heavy atom. The van der Waals surface area contributed by atoms with Gasteiger partial charge in [0.2, 0.25) is 5.75 Å². The van der Waals surface area contributed by atoms with E-state index in [1.54, 1.807) is 25.5 Å². The molecule has 2 rings (SSSR count). The second kappa shape index (κ2) is 6.01. The molecule has 0 aliphatic carbocycles. The van der Waals surface area contributed by atoms with Gasteiger partial charge in [-0.3, -0.25) is 15.1 Å². The molecule has 2 aromatic rings. The Labute approximate surface area is 116 Å². The van der Waals surface area contributed by atoms with Crippen LogP contribution >= 0.6 is 0 Å². The quantitative estimate of drug-likeness (QED) is 0.669. The fourth-order valence-electron chi connectivity index (χ4n) is 2.09. The van der Waals surface area contributed by atoms with Gasteiger partial charge in [0.1, 0.15) is 5.69 Å². The average molecular weight is 273 g/mol. The van der Waals surface area contributed by atoms with Gasteiger partial charge >= 0.3 is 5.69 Å². The molecule has 1 N–H and O–H groups in total. The minimum atomic E-state index is -0.433. The number of nitrogens with one attached hydrogen (secondary N) is 1. The monoisotopic (exact) mass is 273 g/mol. The lowest BCUT2D eigenvalue weighted by Gasteiger charge is -2.11. The van der Waals surface area contributed by atoms with Crippen LogP contribution < -0.4 is 10.1 Å². The molecule has 6 nitrogen and oxygen atoms in total. The van der Waals surface area contributed by atoms with Gasteiger partial charge in [0.25, 0.3) is 0 Å². The van der Waals surface area contributed by atoms with Gasteiger partial charge < -0.3 is 10.1 Å². The second-order valence-corrected chi connectivity index (χ2v) is 4.20. The lowest BCUT2D eigenvalue weighted by atomic mass is 10.0. The van der Waals surface area contributed by atoms with E-state index in [0.717, 1.165) is 11.1 Å². The number of nitro benzene ring substituents is 1. The second-order valence-electron chi connectivity index (χ2n) is 4.20. The first-order valence-electron chi connectivity index (χ1n) is 6.08. The zero-order valence-electron chi connectivity index (χ0n) is 11.3. The number of anilines is 1. The summed E-state index contributed by atoms with van der Waals surface area (Å²) < 4.78 is 5.25. The van der Waals surface area contributed by atoms with E-state index in [1.165, 1.54) is 7.11 Å². The Bertz CT molecular complexity index is 615. The largest absolute Gasteiger partial charge is 0.490 e. The van der Waals surface area contributed by atoms with Crippen molar-refractivity contribution in [3.05, 3.63) is 57.9 Å². The molecule has 6 heteroatoms. The molecule has 0 fully saturated rings. The fraction of sp³-hybridized carbons (Fsp3) is 0.214. The van der Waals surface area contributed by atoms with Crippen molar-refractivity contribution >= 4 is 11.4 Å². The van der Waals surface area contributed by atoms with Gasteiger partial charge in [-0.1, -0.05) is 12.1 Å². The highest BCUT2D eigenvalue weighted by atomic mass is 16.6. The lowest BCUT2D eigenvalue weighted by Crippen LogP contribution is -2.03. The first-order chi connectivity index (χ1) is 9.67. The Kier molecular flexibility index (Phi) is 4.14. The minimum Gasteiger partial charge on any atom is -0.490 e. The van der Waals surface area contributed by atoms with E-state index in [9.17, 15) is 10.1 Å². The first kappa shape index (κ1) is 13.8. The zero-order valence-corrected chi connectivity index (χ0v) is 11.3. The Morgan fingerprint density at radius 1 is 1.40 bits per heavy atom. The van der Waals surface area contributed by atoms with Gasteiger partial charge in [-0.2, -0.15) is 0 Å². The summed E-state index contributed by atoms with van der Waals surface area (Å²) in [6, 6.07) is 7.26. The molecule has 0 saturated heterocycles. The van der Waals surface area contributed by atoms with Crippen LogP contribution in [0.5, 0.6) is 5.75 Å². The van der Waals surface area contributed by atoms with Crippen molar-refractivity contribution in [3.63, 3.8) is 0 Å². The molecule has 0 bridgehead atoms. The third-order valence-corrected chi connectivity index (χ3v) is 2.99. The number of ether oxygens (including phenoxy) is 1. The van der Waals surface area contributed by atoms with Gasteiger partial charge in [-0.05, 0) is 17.7 Å². The maximum atomic E-state index is 11.2. The molecule has 1 aromatic carbocycles. The van der Waals surface area contributed by atoms with E-state index in [2.05, 4.69) is 10.3 Å². The van der Waals surface area contributed by atoms with Gasteiger partial charge in [-0.25, -0.2) is 0 Å². The fourth-order valence-corrected chi connectivity index (χ4v) is 2.09. The molecule has 0 unspecified atom stereocenters. The maximum absolute atomic E-state index is 11.2. The minimum absolute atomic E-state index is 0.0450. The molecular formula is C14H15N3O3. The van der Waals surface area contributed by atoms with E-state index < -0.39 is 4.92 Å². The van der Waals surface area contributed by atoms with E-state index in [1.807, 2.05) is 18.2 Å². The summed E-state index contributed by atoms with van der Waals surface area (Å²) in [5.41, 5.74) is 2.11. The van der Waals surface area contributed by atoms with Gasteiger partial charge in [0.15, 0.2) is 0 Å². The highest BCUT2D eigenvalue weighted by molar-refractivity contribution is 5.71. The normalized spacial score (nSPS) is 10.1. The number of benzene rings is 1. The van der Waals surface area contributed by atoms with Crippen molar-refractivity contribution in [2.75, 3.05) is 19.5 Å². The van der Waals surface area contributed by atoms with E-state index in [-0.39, 0.29) is 11.4 Å². The number of nitrogens with zero attached hydrogens (tertiary/aromatic N) is 2. The van der Waals surface area contributed by atoms with Crippen molar-refractivity contribution in [2.24, 2.45) is 0 Å². The summed E-state index contributed by atoms with van der Waals surface area (Å²) >= 11 is 0. The van der Waals surface area contributed by atoms with Crippen LogP contribution in [0.1, 0.15) is 11.1 Å². The van der Waals surface area contributed by atoms with E-state index in [0.29, 0.717) is 12.1 Å². The van der Waals surface area contributed by atoms with Crippen LogP contribution in [0.4, 0.5) is 11.4 Å². The number of hydrogen-bond donors (Lipinski definition) is 1. The highest BCUT2D eigenvalue weighted by Gasteiger charge is 2.23. The van der Waals surface area contributed by atoms with Crippen molar-refractivity contribution in [2.45, 2.75) is 6.42 Å². The van der Waals surface area contributed by atoms with Crippen LogP contribution in [0.2, 0.25) is 0 Å². The van der Waals surface area contributed by atoms with E-state index >= 15 is 0 Å². The molecule has 1 heterocycles. The number of pyridine rings is 1. The summed E-state index contributed by atoms with van der Waals surface area (Å²) in [4.78, 5) is 14.8. The number of nitro groups is 1. The topological polar surface area (TPSA) is 77.3 Å². The third kappa shape index (κ3) is 2.69. The van der Waals surface area contributed by atoms with Crippen LogP contribution in [0, 0.1) is 10.1 Å². The summed E-state index contributed by atoms with van der Waals surface area (Å²) in [6.45, 7) is 0. The van der Waals surface area contributed by atoms with Crippen LogP contribution in [-0.4, -0.2) is 24.1 Å². The molecule has 104 valence electrons. The zero-order chi connectivity index (χ0) is 14.5. The van der Waals surface area contributed by atoms with Crippen LogP contribution in [0.15, 0.2) is 36.7 Å². The van der Waals surface area contributed by atoms with Crippen molar-refractivity contribution in [1.29, 1.82) is 0 Å². The Hall–Kier alpha value is -2.63. The molecule has 0 atom stereocenters. The van der Waals surface area contributed by atoms with E-state index in [4.69, 9.17) is 4.74 Å². The SMILES string of the molecule is CNc1ccc(Cc2cccnc2)c(OC)c1[N+](=O)[O-]. The molecule has 1 aromatic heterocycles. The van der Waals surface area contributed by atoms with Crippen LogP contribution in [-0.2, 0) is 6.42 Å². The summed E-state index contributed by atoms with van der Waals surface area (Å²) in [5, 5.41) is 14.0. The van der Waals surface area contributed by atoms with Gasteiger partial charge in [-0.15, -0.1) is 0 Å². The molecule has 0 radical (unpaired) electrons. The summed E-state index contributed by atoms with van der Waals surface area (Å²) in [7, 11) is 3.08. The highest BCUT2D eigenvalue weighted by Crippen LogP contribution is 2.38. The predicted molar refractivity (Wildman–Crippen MR) is 76.2 cm³/mol. The average Bonchev–Trinajstić information content (AvgIpc) is 2.47. The summed E-state index contributed by atoms with van der Waals surface area (Å²) in [6.07, 6.45) is 3.95. The number of aromatic nitrogens is 1. The van der Waals surface area contributed by atoms with Gasteiger partial charge in [0, 0.05) is 31.4 Å². The van der Waals surface area contributed by atoms with Crippen molar-refractivity contribution in [3.8, 4) is 5.75 Å². The van der Waals surface area contributed by atoms with Crippen LogP contribution in [0.3, 0.4) is 0 Å². The summed E-state index contributed by atoms with van der Waals surface area (Å²) in [5.74, 6) is 0.283. The van der Waals surface area contributed by atoms with Crippen molar-refractivity contribution < 1.29 is 9.66 Å². The first-order valence-corrected chi connectivity index (χ1v) is 6.08. The van der Waals surface area contributed by atoms with Crippen molar-refractivity contribution in [1.82, 2.24) is 4.98 Å². The molecule has 0 spiro atoms. The molecule has 0 saturated carbocycles. The lowest BCUT2D eigenvalue weighted by molar-refractivity contribution is -0.384. The molecule has 0 aliphatic heterocycles. The Morgan fingerprint density at radius 3 is 2.75 bits per heavy atom. The number of hydrogen-bond acceptors (Lipinski definition) is 5.